The molecule has 2 N–H and O–H groups in total. The standard InChI is InChI=1S/C21H26N2O7S/c1-6-29-21(26)18-13(3)19(22-14(18)4)17(24)11-30-20(25)15(5)23-31(27,28)16-9-7-12(2)8-10-16/h7-10,15,22-23H,6,11H2,1-5H3. The molecule has 0 amide bonds. The van der Waals surface area contributed by atoms with Crippen molar-refractivity contribution in [2.75, 3.05) is 13.2 Å². The summed E-state index contributed by atoms with van der Waals surface area (Å²) in [5.41, 5.74) is 2.14. The third-order valence-electron chi connectivity index (χ3n) is 4.56. The van der Waals surface area contributed by atoms with Crippen LogP contribution in [-0.4, -0.2) is 50.4 Å². The number of hydrogen-bond acceptors (Lipinski definition) is 7. The van der Waals surface area contributed by atoms with Gasteiger partial charge in [-0.3, -0.25) is 9.59 Å². The van der Waals surface area contributed by atoms with Crippen LogP contribution in [0.1, 0.15) is 51.5 Å². The third-order valence-corrected chi connectivity index (χ3v) is 6.11. The monoisotopic (exact) mass is 450 g/mol. The first kappa shape index (κ1) is 24.3. The molecular formula is C21H26N2O7S. The second-order valence-electron chi connectivity index (χ2n) is 7.03. The van der Waals surface area contributed by atoms with Crippen molar-refractivity contribution in [1.82, 2.24) is 9.71 Å². The van der Waals surface area contributed by atoms with E-state index in [1.54, 1.807) is 32.9 Å². The van der Waals surface area contributed by atoms with E-state index in [1.165, 1.54) is 19.1 Å². The Morgan fingerprint density at radius 3 is 2.26 bits per heavy atom. The fourth-order valence-electron chi connectivity index (χ4n) is 2.94. The molecule has 168 valence electrons. The fourth-order valence-corrected chi connectivity index (χ4v) is 4.13. The van der Waals surface area contributed by atoms with Crippen molar-refractivity contribution in [2.24, 2.45) is 0 Å². The van der Waals surface area contributed by atoms with E-state index in [2.05, 4.69) is 9.71 Å². The van der Waals surface area contributed by atoms with Crippen LogP contribution >= 0.6 is 0 Å². The summed E-state index contributed by atoms with van der Waals surface area (Å²) in [4.78, 5) is 39.6. The summed E-state index contributed by atoms with van der Waals surface area (Å²) in [6.07, 6.45) is 0. The molecule has 0 saturated carbocycles. The number of Topliss-reactive ketones (excluding diaryl/α,β-unsaturated/α-hetero) is 1. The lowest BCUT2D eigenvalue weighted by atomic mass is 10.1. The number of carbonyl (C=O) groups excluding carboxylic acids is 3. The minimum atomic E-state index is -3.93. The van der Waals surface area contributed by atoms with E-state index in [9.17, 15) is 22.8 Å². The van der Waals surface area contributed by atoms with Crippen LogP contribution < -0.4 is 4.72 Å². The lowest BCUT2D eigenvalue weighted by molar-refractivity contribution is -0.144. The molecular weight excluding hydrogens is 424 g/mol. The van der Waals surface area contributed by atoms with E-state index in [4.69, 9.17) is 9.47 Å². The summed E-state index contributed by atoms with van der Waals surface area (Å²) in [5.74, 6) is -2.02. The molecule has 1 atom stereocenters. The highest BCUT2D eigenvalue weighted by Crippen LogP contribution is 2.19. The maximum absolute atomic E-state index is 12.5. The highest BCUT2D eigenvalue weighted by Gasteiger charge is 2.26. The number of ether oxygens (including phenoxy) is 2. The SMILES string of the molecule is CCOC(=O)c1c(C)[nH]c(C(=O)COC(=O)C(C)NS(=O)(=O)c2ccc(C)cc2)c1C. The van der Waals surface area contributed by atoms with Gasteiger partial charge in [0.05, 0.1) is 22.8 Å². The summed E-state index contributed by atoms with van der Waals surface area (Å²) >= 11 is 0. The Kier molecular flexibility index (Phi) is 7.75. The third kappa shape index (κ3) is 5.80. The smallest absolute Gasteiger partial charge is 0.340 e. The summed E-state index contributed by atoms with van der Waals surface area (Å²) in [6.45, 7) is 7.62. The number of aromatic amines is 1. The Morgan fingerprint density at radius 1 is 1.06 bits per heavy atom. The zero-order chi connectivity index (χ0) is 23.3. The van der Waals surface area contributed by atoms with Crippen LogP contribution in [0.25, 0.3) is 0 Å². The van der Waals surface area contributed by atoms with E-state index in [0.29, 0.717) is 11.3 Å². The van der Waals surface area contributed by atoms with Crippen LogP contribution in [0, 0.1) is 20.8 Å². The maximum atomic E-state index is 12.5. The van der Waals surface area contributed by atoms with Gasteiger partial charge in [-0.2, -0.15) is 4.72 Å². The molecule has 10 heteroatoms. The molecule has 1 heterocycles. The van der Waals surface area contributed by atoms with Crippen LogP contribution in [0.5, 0.6) is 0 Å². The van der Waals surface area contributed by atoms with Gasteiger partial charge in [-0.1, -0.05) is 17.7 Å². The Balaban J connectivity index is 2.02. The van der Waals surface area contributed by atoms with Crippen LogP contribution in [-0.2, 0) is 24.3 Å². The average molecular weight is 451 g/mol. The number of aryl methyl sites for hydroxylation is 2. The number of H-pyrrole nitrogens is 1. The van der Waals surface area contributed by atoms with Crippen molar-refractivity contribution in [3.05, 3.63) is 52.3 Å². The Morgan fingerprint density at radius 2 is 1.68 bits per heavy atom. The van der Waals surface area contributed by atoms with Gasteiger partial charge < -0.3 is 14.5 Å². The topological polar surface area (TPSA) is 132 Å². The predicted octanol–water partition coefficient (Wildman–Crippen LogP) is 2.21. The summed E-state index contributed by atoms with van der Waals surface area (Å²) < 4.78 is 37.0. The molecule has 1 aromatic heterocycles. The number of benzene rings is 1. The second-order valence-corrected chi connectivity index (χ2v) is 8.75. The van der Waals surface area contributed by atoms with Gasteiger partial charge in [0, 0.05) is 5.69 Å². The normalized spacial score (nSPS) is 12.3. The molecule has 0 radical (unpaired) electrons. The van der Waals surface area contributed by atoms with Crippen molar-refractivity contribution < 1.29 is 32.3 Å². The number of aromatic nitrogens is 1. The number of nitrogens with one attached hydrogen (secondary N) is 2. The number of hydrogen-bond donors (Lipinski definition) is 2. The summed E-state index contributed by atoms with van der Waals surface area (Å²) in [6, 6.07) is 4.93. The fraction of sp³-hybridized carbons (Fsp3) is 0.381. The zero-order valence-electron chi connectivity index (χ0n) is 18.1. The van der Waals surface area contributed by atoms with Crippen molar-refractivity contribution in [3.8, 4) is 0 Å². The van der Waals surface area contributed by atoms with Gasteiger partial charge in [-0.25, -0.2) is 13.2 Å². The molecule has 0 fully saturated rings. The molecule has 0 saturated heterocycles. The van der Waals surface area contributed by atoms with Gasteiger partial charge in [0.2, 0.25) is 15.8 Å². The molecule has 2 rings (SSSR count). The molecule has 1 aromatic carbocycles. The van der Waals surface area contributed by atoms with Gasteiger partial charge in [-0.15, -0.1) is 0 Å². The lowest BCUT2D eigenvalue weighted by Gasteiger charge is -2.13. The number of ketones is 1. The quantitative estimate of drug-likeness (QED) is 0.442. The van der Waals surface area contributed by atoms with Crippen LogP contribution in [0.4, 0.5) is 0 Å². The van der Waals surface area contributed by atoms with Crippen molar-refractivity contribution >= 4 is 27.7 Å². The van der Waals surface area contributed by atoms with Gasteiger partial charge in [0.1, 0.15) is 6.04 Å². The largest absolute Gasteiger partial charge is 0.462 e. The van der Waals surface area contributed by atoms with E-state index in [0.717, 1.165) is 5.56 Å². The van der Waals surface area contributed by atoms with Crippen LogP contribution in [0.15, 0.2) is 29.2 Å². The number of rotatable bonds is 9. The van der Waals surface area contributed by atoms with Gasteiger partial charge in [0.15, 0.2) is 6.61 Å². The Labute approximate surface area is 181 Å². The van der Waals surface area contributed by atoms with Gasteiger partial charge in [-0.05, 0) is 52.3 Å². The minimum Gasteiger partial charge on any atom is -0.462 e. The molecule has 0 bridgehead atoms. The predicted molar refractivity (Wildman–Crippen MR) is 112 cm³/mol. The van der Waals surface area contributed by atoms with Crippen molar-refractivity contribution in [3.63, 3.8) is 0 Å². The molecule has 0 aliphatic heterocycles. The van der Waals surface area contributed by atoms with E-state index in [-0.39, 0.29) is 22.8 Å². The molecule has 2 aromatic rings. The molecule has 9 nitrogen and oxygen atoms in total. The minimum absolute atomic E-state index is 0.0119. The zero-order valence-corrected chi connectivity index (χ0v) is 18.9. The van der Waals surface area contributed by atoms with Crippen LogP contribution in [0.3, 0.4) is 0 Å². The second kappa shape index (κ2) is 9.88. The van der Waals surface area contributed by atoms with E-state index in [1.807, 2.05) is 6.92 Å². The van der Waals surface area contributed by atoms with Crippen molar-refractivity contribution in [1.29, 1.82) is 0 Å². The average Bonchev–Trinajstić information content (AvgIpc) is 3.00. The van der Waals surface area contributed by atoms with Gasteiger partial charge >= 0.3 is 11.9 Å². The first-order valence-electron chi connectivity index (χ1n) is 9.63. The lowest BCUT2D eigenvalue weighted by Crippen LogP contribution is -2.40. The number of carbonyl (C=O) groups is 3. The first-order chi connectivity index (χ1) is 14.5. The highest BCUT2D eigenvalue weighted by molar-refractivity contribution is 7.89. The molecule has 1 unspecified atom stereocenters. The highest BCUT2D eigenvalue weighted by atomic mass is 32.2. The number of sulfonamides is 1. The Hall–Kier alpha value is -2.98. The summed E-state index contributed by atoms with van der Waals surface area (Å²) in [5, 5.41) is 0. The first-order valence-corrected chi connectivity index (χ1v) is 11.1. The number of esters is 2. The van der Waals surface area contributed by atoms with Crippen LogP contribution in [0.2, 0.25) is 0 Å². The maximum Gasteiger partial charge on any atom is 0.340 e. The molecule has 0 aliphatic rings. The van der Waals surface area contributed by atoms with Crippen molar-refractivity contribution in [2.45, 2.75) is 45.6 Å². The Bertz CT molecular complexity index is 1090. The summed E-state index contributed by atoms with van der Waals surface area (Å²) in [7, 11) is -3.93. The molecule has 0 spiro atoms. The van der Waals surface area contributed by atoms with E-state index < -0.39 is 40.4 Å². The molecule has 0 aliphatic carbocycles. The molecule has 31 heavy (non-hydrogen) atoms. The van der Waals surface area contributed by atoms with E-state index >= 15 is 0 Å². The van der Waals surface area contributed by atoms with Gasteiger partial charge in [0.25, 0.3) is 0 Å².